The third kappa shape index (κ3) is 5.05. The van der Waals surface area contributed by atoms with Gasteiger partial charge in [-0.2, -0.15) is 0 Å². The average Bonchev–Trinajstić information content (AvgIpc) is 3.18. The Morgan fingerprint density at radius 2 is 1.69 bits per heavy atom. The van der Waals surface area contributed by atoms with Crippen LogP contribution in [0.25, 0.3) is 0 Å². The van der Waals surface area contributed by atoms with Gasteiger partial charge in [-0.05, 0) is 42.4 Å². The van der Waals surface area contributed by atoms with E-state index < -0.39 is 0 Å². The Bertz CT molecular complexity index is 851. The third-order valence-electron chi connectivity index (χ3n) is 5.34. The van der Waals surface area contributed by atoms with Crippen molar-refractivity contribution in [2.45, 2.75) is 13.1 Å². The van der Waals surface area contributed by atoms with Gasteiger partial charge in [0.25, 0.3) is 0 Å². The molecular weight excluding hydrogens is 373 g/mol. The van der Waals surface area contributed by atoms with Gasteiger partial charge >= 0.3 is 0 Å². The van der Waals surface area contributed by atoms with E-state index >= 15 is 0 Å². The van der Waals surface area contributed by atoms with Crippen LogP contribution in [-0.4, -0.2) is 67.2 Å². The van der Waals surface area contributed by atoms with Crippen LogP contribution in [0.1, 0.15) is 11.1 Å². The van der Waals surface area contributed by atoms with Gasteiger partial charge < -0.3 is 14.4 Å². The lowest BCUT2D eigenvalue weighted by atomic mass is 10.1. The van der Waals surface area contributed by atoms with Gasteiger partial charge in [-0.25, -0.2) is 4.39 Å². The van der Waals surface area contributed by atoms with Gasteiger partial charge in [-0.1, -0.05) is 18.2 Å². The van der Waals surface area contributed by atoms with Crippen molar-refractivity contribution in [1.29, 1.82) is 0 Å². The molecule has 2 aromatic rings. The first-order chi connectivity index (χ1) is 14.1. The molecule has 0 saturated carbocycles. The van der Waals surface area contributed by atoms with Crippen molar-refractivity contribution < 1.29 is 18.7 Å². The molecule has 154 valence electrons. The smallest absolute Gasteiger partial charge is 0.236 e. The van der Waals surface area contributed by atoms with Gasteiger partial charge in [0, 0.05) is 39.3 Å². The number of ether oxygens (including phenoxy) is 2. The average molecular weight is 399 g/mol. The second kappa shape index (κ2) is 8.80. The van der Waals surface area contributed by atoms with E-state index in [2.05, 4.69) is 11.0 Å². The number of amides is 1. The van der Waals surface area contributed by atoms with Gasteiger partial charge in [0.15, 0.2) is 11.5 Å². The van der Waals surface area contributed by atoms with E-state index in [-0.39, 0.29) is 18.5 Å². The Morgan fingerprint density at radius 1 is 1.00 bits per heavy atom. The van der Waals surface area contributed by atoms with Crippen molar-refractivity contribution in [3.05, 3.63) is 59.4 Å². The quantitative estimate of drug-likeness (QED) is 0.746. The molecule has 1 fully saturated rings. The molecule has 0 radical (unpaired) electrons. The highest BCUT2D eigenvalue weighted by molar-refractivity contribution is 5.78. The molecule has 1 saturated heterocycles. The van der Waals surface area contributed by atoms with Crippen LogP contribution in [0.3, 0.4) is 0 Å². The molecule has 1 amide bonds. The molecular formula is C22H26FN3O3. The second-order valence-electron chi connectivity index (χ2n) is 7.64. The summed E-state index contributed by atoms with van der Waals surface area (Å²) < 4.78 is 23.8. The number of halogens is 1. The van der Waals surface area contributed by atoms with Crippen molar-refractivity contribution in [2.75, 3.05) is 46.6 Å². The fourth-order valence-electron chi connectivity index (χ4n) is 3.74. The van der Waals surface area contributed by atoms with Gasteiger partial charge in [0.2, 0.25) is 12.7 Å². The minimum Gasteiger partial charge on any atom is -0.454 e. The molecule has 0 unspecified atom stereocenters. The fraction of sp³-hybridized carbons (Fsp3) is 0.409. The SMILES string of the molecule is CN(CC(=O)N1CCN(Cc2ccc3c(c2)OCO3)CC1)Cc1ccc(F)cc1. The highest BCUT2D eigenvalue weighted by Crippen LogP contribution is 2.32. The van der Waals surface area contributed by atoms with Gasteiger partial charge in [0.1, 0.15) is 5.82 Å². The predicted molar refractivity (Wildman–Crippen MR) is 107 cm³/mol. The standard InChI is InChI=1S/C22H26FN3O3/c1-24(13-17-2-5-19(23)6-3-17)15-22(27)26-10-8-25(9-11-26)14-18-4-7-20-21(12-18)29-16-28-20/h2-7,12H,8-11,13-16H2,1H3. The Hall–Kier alpha value is -2.64. The molecule has 0 aromatic heterocycles. The molecule has 4 rings (SSSR count). The lowest BCUT2D eigenvalue weighted by Gasteiger charge is -2.35. The Morgan fingerprint density at radius 3 is 2.45 bits per heavy atom. The molecule has 0 aliphatic carbocycles. The van der Waals surface area contributed by atoms with Gasteiger partial charge in [0.05, 0.1) is 6.54 Å². The van der Waals surface area contributed by atoms with E-state index in [0.29, 0.717) is 13.1 Å². The zero-order valence-electron chi connectivity index (χ0n) is 16.6. The number of benzene rings is 2. The first kappa shape index (κ1) is 19.7. The number of nitrogens with zero attached hydrogens (tertiary/aromatic N) is 3. The summed E-state index contributed by atoms with van der Waals surface area (Å²) in [6, 6.07) is 12.5. The van der Waals surface area contributed by atoms with Gasteiger partial charge in [-0.3, -0.25) is 14.6 Å². The molecule has 0 N–H and O–H groups in total. The van der Waals surface area contributed by atoms with E-state index in [4.69, 9.17) is 9.47 Å². The van der Waals surface area contributed by atoms with Crippen molar-refractivity contribution in [1.82, 2.24) is 14.7 Å². The van der Waals surface area contributed by atoms with E-state index in [1.807, 2.05) is 29.0 Å². The maximum atomic E-state index is 13.0. The molecule has 0 atom stereocenters. The van der Waals surface area contributed by atoms with E-state index in [9.17, 15) is 9.18 Å². The first-order valence-electron chi connectivity index (χ1n) is 9.88. The van der Waals surface area contributed by atoms with Crippen molar-refractivity contribution in [3.8, 4) is 11.5 Å². The minimum atomic E-state index is -0.244. The van der Waals surface area contributed by atoms with Crippen LogP contribution in [0.4, 0.5) is 4.39 Å². The monoisotopic (exact) mass is 399 g/mol. The number of hydrogen-bond acceptors (Lipinski definition) is 5. The maximum absolute atomic E-state index is 13.0. The van der Waals surface area contributed by atoms with Gasteiger partial charge in [-0.15, -0.1) is 0 Å². The third-order valence-corrected chi connectivity index (χ3v) is 5.34. The molecule has 2 aliphatic rings. The minimum absolute atomic E-state index is 0.136. The van der Waals surface area contributed by atoms with Crippen LogP contribution in [0.15, 0.2) is 42.5 Å². The normalized spacial score (nSPS) is 16.4. The lowest BCUT2D eigenvalue weighted by Crippen LogP contribution is -2.50. The van der Waals surface area contributed by atoms with Crippen LogP contribution < -0.4 is 9.47 Å². The van der Waals surface area contributed by atoms with Crippen molar-refractivity contribution in [2.24, 2.45) is 0 Å². The molecule has 29 heavy (non-hydrogen) atoms. The Balaban J connectivity index is 1.22. The van der Waals surface area contributed by atoms with Crippen LogP contribution in [0, 0.1) is 5.82 Å². The van der Waals surface area contributed by atoms with E-state index in [0.717, 1.165) is 49.8 Å². The number of fused-ring (bicyclic) bond motifs is 1. The highest BCUT2D eigenvalue weighted by Gasteiger charge is 2.22. The fourth-order valence-corrected chi connectivity index (χ4v) is 3.74. The summed E-state index contributed by atoms with van der Waals surface area (Å²) in [7, 11) is 1.91. The van der Waals surface area contributed by atoms with E-state index in [1.54, 1.807) is 12.1 Å². The van der Waals surface area contributed by atoms with Crippen LogP contribution in [0.5, 0.6) is 11.5 Å². The van der Waals surface area contributed by atoms with Crippen LogP contribution in [0.2, 0.25) is 0 Å². The molecule has 7 heteroatoms. The zero-order valence-corrected chi connectivity index (χ0v) is 16.6. The Labute approximate surface area is 170 Å². The number of hydrogen-bond donors (Lipinski definition) is 0. The van der Waals surface area contributed by atoms with E-state index in [1.165, 1.54) is 17.7 Å². The summed E-state index contributed by atoms with van der Waals surface area (Å²) in [6.07, 6.45) is 0. The summed E-state index contributed by atoms with van der Waals surface area (Å²) in [4.78, 5) is 18.9. The molecule has 2 heterocycles. The number of likely N-dealkylation sites (N-methyl/N-ethyl adjacent to an activating group) is 1. The van der Waals surface area contributed by atoms with Crippen molar-refractivity contribution >= 4 is 5.91 Å². The molecule has 0 spiro atoms. The highest BCUT2D eigenvalue weighted by atomic mass is 19.1. The second-order valence-corrected chi connectivity index (χ2v) is 7.64. The number of piperazine rings is 1. The summed E-state index contributed by atoms with van der Waals surface area (Å²) in [6.45, 7) is 5.26. The molecule has 2 aliphatic heterocycles. The lowest BCUT2D eigenvalue weighted by molar-refractivity contribution is -0.134. The molecule has 0 bridgehead atoms. The van der Waals surface area contributed by atoms with Crippen LogP contribution >= 0.6 is 0 Å². The van der Waals surface area contributed by atoms with Crippen molar-refractivity contribution in [3.63, 3.8) is 0 Å². The largest absolute Gasteiger partial charge is 0.454 e. The molecule has 2 aromatic carbocycles. The number of carbonyl (C=O) groups excluding carboxylic acids is 1. The summed E-state index contributed by atoms with van der Waals surface area (Å²) in [5, 5.41) is 0. The summed E-state index contributed by atoms with van der Waals surface area (Å²) in [5.41, 5.74) is 2.18. The predicted octanol–water partition coefficient (Wildman–Crippen LogP) is 2.33. The number of carbonyl (C=O) groups is 1. The topological polar surface area (TPSA) is 45.3 Å². The zero-order chi connectivity index (χ0) is 20.2. The number of rotatable bonds is 6. The first-order valence-corrected chi connectivity index (χ1v) is 9.88. The summed E-state index contributed by atoms with van der Waals surface area (Å²) >= 11 is 0. The maximum Gasteiger partial charge on any atom is 0.236 e. The van der Waals surface area contributed by atoms with Crippen LogP contribution in [-0.2, 0) is 17.9 Å². The Kier molecular flexibility index (Phi) is 5.97. The summed E-state index contributed by atoms with van der Waals surface area (Å²) in [5.74, 6) is 1.50. The molecule has 6 nitrogen and oxygen atoms in total.